The quantitative estimate of drug-likeness (QED) is 0.312. The van der Waals surface area contributed by atoms with Gasteiger partial charge in [0, 0.05) is 22.4 Å². The van der Waals surface area contributed by atoms with Gasteiger partial charge in [-0.3, -0.25) is 0 Å². The van der Waals surface area contributed by atoms with Gasteiger partial charge in [-0.05, 0) is 0 Å². The Bertz CT molecular complexity index is 11.6. The molecule has 0 aliphatic rings. The minimum atomic E-state index is 0. The third kappa shape index (κ3) is 17.6. The normalized spacial score (nSPS) is 0. The van der Waals surface area contributed by atoms with Gasteiger partial charge in [0.15, 0.2) is 17.4 Å². The van der Waals surface area contributed by atoms with Gasteiger partial charge in [-0.25, -0.2) is 0 Å². The van der Waals surface area contributed by atoms with Gasteiger partial charge in [0.1, 0.15) is 0 Å². The van der Waals surface area contributed by atoms with Crippen LogP contribution in [0.1, 0.15) is 0 Å². The topological polar surface area (TPSA) is 0 Å². The first kappa shape index (κ1) is 32.6. The number of rotatable bonds is 0. The maximum absolute atomic E-state index is 0. The summed E-state index contributed by atoms with van der Waals surface area (Å²) in [6, 6.07) is 0. The van der Waals surface area contributed by atoms with E-state index in [1.807, 2.05) is 0 Å². The van der Waals surface area contributed by atoms with Crippen LogP contribution in [-0.2, 0) is 22.4 Å². The molecule has 0 atom stereocenters. The number of hydrogen-bond donors (Lipinski definition) is 0. The Kier molecular flexibility index (Phi) is 150. The molecule has 0 fully saturated rings. The molecule has 0 aromatic rings. The molecule has 0 aromatic carbocycles. The standard InChI is InChI=1S/Ag.Al.Ca.Pb.Sr.9H. The Labute approximate surface area is 146 Å². The Hall–Kier alpha value is 4.94. The van der Waals surface area contributed by atoms with E-state index in [2.05, 4.69) is 0 Å². The van der Waals surface area contributed by atoms with E-state index in [0.29, 0.717) is 0 Å². The summed E-state index contributed by atoms with van der Waals surface area (Å²) >= 11 is 0. The van der Waals surface area contributed by atoms with Gasteiger partial charge in [0.2, 0.25) is 0 Å². The van der Waals surface area contributed by atoms with Crippen molar-refractivity contribution in [3.63, 3.8) is 0 Å². The van der Waals surface area contributed by atoms with Gasteiger partial charge in [-0.15, -0.1) is 0 Å². The monoisotopic (exact) mass is 479 g/mol. The summed E-state index contributed by atoms with van der Waals surface area (Å²) in [5.74, 6) is 0. The van der Waals surface area contributed by atoms with E-state index in [-0.39, 0.29) is 150 Å². The van der Waals surface area contributed by atoms with E-state index >= 15 is 0 Å². The zero-order valence-corrected chi connectivity index (χ0v) is 7.99. The third-order valence-corrected chi connectivity index (χ3v) is 0. The summed E-state index contributed by atoms with van der Waals surface area (Å²) in [6.45, 7) is 0. The van der Waals surface area contributed by atoms with E-state index in [1.165, 1.54) is 0 Å². The second kappa shape index (κ2) is 23.1. The summed E-state index contributed by atoms with van der Waals surface area (Å²) < 4.78 is 0. The van der Waals surface area contributed by atoms with Crippen LogP contribution in [0.2, 0.25) is 0 Å². The van der Waals surface area contributed by atoms with Crippen LogP contribution in [0.5, 0.6) is 0 Å². The summed E-state index contributed by atoms with van der Waals surface area (Å²) in [4.78, 5) is 0. The van der Waals surface area contributed by atoms with Gasteiger partial charge in [0.25, 0.3) is 0 Å². The van der Waals surface area contributed by atoms with Gasteiger partial charge in [-0.1, -0.05) is 0 Å². The Morgan fingerprint density at radius 2 is 1.00 bits per heavy atom. The molecule has 3 radical (unpaired) electrons. The molecule has 0 unspecified atom stereocenters. The molecule has 0 aliphatic carbocycles. The third-order valence-electron chi connectivity index (χ3n) is 0. The second-order valence-electron chi connectivity index (χ2n) is 0. The van der Waals surface area contributed by atoms with Crippen LogP contribution in [0.4, 0.5) is 0 Å². The fraction of sp³-hybridized carbons (Fsp3) is 0. The van der Waals surface area contributed by atoms with E-state index in [4.69, 9.17) is 0 Å². The van der Waals surface area contributed by atoms with Crippen LogP contribution in [0.15, 0.2) is 0 Å². The first-order valence-electron chi connectivity index (χ1n) is 0. The van der Waals surface area contributed by atoms with Crippen LogP contribution < -0.4 is 0 Å². The van der Waals surface area contributed by atoms with Gasteiger partial charge in [0.05, 0.1) is 0 Å². The number of hydrogen-bond acceptors (Lipinski definition) is 0. The van der Waals surface area contributed by atoms with Gasteiger partial charge >= 0.3 is 111 Å². The van der Waals surface area contributed by atoms with Crippen molar-refractivity contribution in [3.05, 3.63) is 0 Å². The van der Waals surface area contributed by atoms with Crippen LogP contribution in [-0.4, -0.2) is 128 Å². The molecule has 0 amide bonds. The van der Waals surface area contributed by atoms with E-state index in [9.17, 15) is 0 Å². The molecular weight excluding hydrogens is 470 g/mol. The molecule has 0 saturated carbocycles. The van der Waals surface area contributed by atoms with Crippen LogP contribution in [0.25, 0.3) is 0 Å². The molecule has 31 valence electrons. The average molecular weight is 479 g/mol. The van der Waals surface area contributed by atoms with Crippen molar-refractivity contribution < 1.29 is 22.4 Å². The van der Waals surface area contributed by atoms with Crippen LogP contribution in [0, 0.1) is 0 Å². The van der Waals surface area contributed by atoms with Gasteiger partial charge < -0.3 is 0 Å². The molecule has 0 spiro atoms. The summed E-state index contributed by atoms with van der Waals surface area (Å²) in [7, 11) is 0. The molecule has 5 heavy (non-hydrogen) atoms. The van der Waals surface area contributed by atoms with Crippen molar-refractivity contribution >= 4 is 128 Å². The molecule has 0 heterocycles. The minimum absolute atomic E-state index is 0. The molecule has 0 aromatic heterocycles. The van der Waals surface area contributed by atoms with Crippen LogP contribution >= 0.6 is 0 Å². The molecular formula is H9AgAlCaPbSr. The molecule has 0 aliphatic heterocycles. The summed E-state index contributed by atoms with van der Waals surface area (Å²) in [5.41, 5.74) is 0. The van der Waals surface area contributed by atoms with Gasteiger partial charge in [-0.2, -0.15) is 0 Å². The maximum atomic E-state index is 0. The molecule has 0 nitrogen and oxygen atoms in total. The Morgan fingerprint density at radius 3 is 1.00 bits per heavy atom. The average Bonchev–Trinajstić information content (AvgIpc) is 0. The first-order valence-corrected chi connectivity index (χ1v) is 0. The van der Waals surface area contributed by atoms with Crippen molar-refractivity contribution in [3.8, 4) is 0 Å². The predicted molar refractivity (Wildman–Crippen MR) is 35.6 cm³/mol. The Balaban J connectivity index is 0. The van der Waals surface area contributed by atoms with E-state index in [0.717, 1.165) is 0 Å². The first-order chi connectivity index (χ1) is 0. The van der Waals surface area contributed by atoms with Crippen molar-refractivity contribution in [2.75, 3.05) is 0 Å². The molecule has 5 heteroatoms. The molecule has 0 rings (SSSR count). The van der Waals surface area contributed by atoms with Crippen molar-refractivity contribution in [2.24, 2.45) is 0 Å². The predicted octanol–water partition coefficient (Wildman–Crippen LogP) is -3.94. The van der Waals surface area contributed by atoms with Crippen molar-refractivity contribution in [1.29, 1.82) is 0 Å². The fourth-order valence-electron chi connectivity index (χ4n) is 0. The zero-order valence-electron chi connectivity index (χ0n) is 1.01. The van der Waals surface area contributed by atoms with Crippen LogP contribution in [0.3, 0.4) is 0 Å². The van der Waals surface area contributed by atoms with Crippen molar-refractivity contribution in [1.82, 2.24) is 0 Å². The summed E-state index contributed by atoms with van der Waals surface area (Å²) in [5, 5.41) is 0. The van der Waals surface area contributed by atoms with Crippen molar-refractivity contribution in [2.45, 2.75) is 0 Å². The second-order valence-corrected chi connectivity index (χ2v) is 0. The summed E-state index contributed by atoms with van der Waals surface area (Å²) in [6.07, 6.45) is 0. The molecule has 0 bridgehead atoms. The SMILES string of the molecule is [Ag].[AlH3].[CaH2].[PbH2].[SrH2]. The molecule has 0 N–H and O–H groups in total. The molecule has 0 saturated heterocycles. The van der Waals surface area contributed by atoms with E-state index in [1.54, 1.807) is 0 Å². The zero-order chi connectivity index (χ0) is 0. The Morgan fingerprint density at radius 1 is 1.00 bits per heavy atom. The fourth-order valence-corrected chi connectivity index (χ4v) is 0. The van der Waals surface area contributed by atoms with E-state index < -0.39 is 0 Å².